The summed E-state index contributed by atoms with van der Waals surface area (Å²) in [6.45, 7) is 0.690. The summed E-state index contributed by atoms with van der Waals surface area (Å²) in [7, 11) is 0. The lowest BCUT2D eigenvalue weighted by Crippen LogP contribution is -2.50. The monoisotopic (exact) mass is 225 g/mol. The van der Waals surface area contributed by atoms with Crippen LogP contribution in [0.3, 0.4) is 0 Å². The van der Waals surface area contributed by atoms with Crippen LogP contribution in [-0.4, -0.2) is 25.7 Å². The van der Waals surface area contributed by atoms with E-state index in [1.54, 1.807) is 6.07 Å². The molecule has 1 unspecified atom stereocenters. The van der Waals surface area contributed by atoms with Crippen molar-refractivity contribution in [3.05, 3.63) is 35.6 Å². The fourth-order valence-corrected chi connectivity index (χ4v) is 1.72. The van der Waals surface area contributed by atoms with E-state index in [0.717, 1.165) is 0 Å². The molecule has 4 nitrogen and oxygen atoms in total. The second kappa shape index (κ2) is 4.19. The van der Waals surface area contributed by atoms with Crippen molar-refractivity contribution >= 4 is 5.91 Å². The molecule has 0 aliphatic carbocycles. The summed E-state index contributed by atoms with van der Waals surface area (Å²) >= 11 is 0. The maximum absolute atomic E-state index is 13.1. The van der Waals surface area contributed by atoms with E-state index >= 15 is 0 Å². The molecule has 86 valence electrons. The molecule has 2 rings (SSSR count). The Hall–Kier alpha value is -1.46. The first kappa shape index (κ1) is 11.0. The van der Waals surface area contributed by atoms with Gasteiger partial charge >= 0.3 is 0 Å². The average molecular weight is 225 g/mol. The fraction of sp³-hybridized carbons (Fsp3) is 0.364. The highest BCUT2D eigenvalue weighted by molar-refractivity contribution is 5.85. The number of carbonyl (C=O) groups is 1. The zero-order chi connectivity index (χ0) is 11.6. The Kier molecular flexibility index (Phi) is 2.89. The van der Waals surface area contributed by atoms with Gasteiger partial charge in [-0.15, -0.1) is 0 Å². The van der Waals surface area contributed by atoms with Gasteiger partial charge in [-0.1, -0.05) is 12.1 Å². The van der Waals surface area contributed by atoms with Crippen LogP contribution in [0, 0.1) is 5.82 Å². The predicted molar refractivity (Wildman–Crippen MR) is 54.0 cm³/mol. The number of halogens is 1. The lowest BCUT2D eigenvalue weighted by Gasteiger charge is -2.34. The van der Waals surface area contributed by atoms with Gasteiger partial charge in [0.25, 0.3) is 5.91 Å². The van der Waals surface area contributed by atoms with Crippen LogP contribution in [0.15, 0.2) is 24.3 Å². The van der Waals surface area contributed by atoms with E-state index in [-0.39, 0.29) is 13.2 Å². The molecule has 16 heavy (non-hydrogen) atoms. The van der Waals surface area contributed by atoms with Crippen LogP contribution >= 0.6 is 0 Å². The van der Waals surface area contributed by atoms with Crippen molar-refractivity contribution in [2.75, 3.05) is 19.8 Å². The molecule has 1 aliphatic heterocycles. The topological polar surface area (TPSA) is 61.6 Å². The van der Waals surface area contributed by atoms with Crippen LogP contribution in [0.2, 0.25) is 0 Å². The summed E-state index contributed by atoms with van der Waals surface area (Å²) in [5.74, 6) is -1.11. The average Bonchev–Trinajstić information content (AvgIpc) is 2.30. The molecule has 1 fully saturated rings. The number of amides is 1. The minimum Gasteiger partial charge on any atom is -0.375 e. The number of carbonyl (C=O) groups excluding carboxylic acids is 1. The lowest BCUT2D eigenvalue weighted by atomic mass is 9.93. The Morgan fingerprint density at radius 2 is 2.25 bits per heavy atom. The molecule has 1 aromatic rings. The zero-order valence-electron chi connectivity index (χ0n) is 8.61. The largest absolute Gasteiger partial charge is 0.375 e. The summed E-state index contributed by atoms with van der Waals surface area (Å²) in [6, 6.07) is 5.64. The molecule has 0 bridgehead atoms. The predicted octanol–water partition coefficient (Wildman–Crippen LogP) is 0.553. The van der Waals surface area contributed by atoms with Gasteiger partial charge in [-0.3, -0.25) is 4.79 Å². The zero-order valence-corrected chi connectivity index (χ0v) is 8.61. The van der Waals surface area contributed by atoms with Gasteiger partial charge < -0.3 is 15.2 Å². The van der Waals surface area contributed by atoms with Crippen LogP contribution in [0.25, 0.3) is 0 Å². The smallest absolute Gasteiger partial charge is 0.256 e. The number of nitrogens with two attached hydrogens (primary N) is 1. The van der Waals surface area contributed by atoms with Crippen molar-refractivity contribution in [2.24, 2.45) is 5.73 Å². The number of hydrogen-bond acceptors (Lipinski definition) is 3. The third-order valence-corrected chi connectivity index (χ3v) is 2.57. The molecule has 0 radical (unpaired) electrons. The molecule has 1 amide bonds. The Morgan fingerprint density at radius 1 is 1.44 bits per heavy atom. The Balaban J connectivity index is 2.42. The highest BCUT2D eigenvalue weighted by atomic mass is 19.1. The van der Waals surface area contributed by atoms with Crippen molar-refractivity contribution in [1.82, 2.24) is 0 Å². The number of benzene rings is 1. The van der Waals surface area contributed by atoms with Crippen LogP contribution < -0.4 is 5.73 Å². The molecule has 1 saturated heterocycles. The first-order chi connectivity index (χ1) is 7.65. The molecule has 1 heterocycles. The Labute approximate surface area is 92.1 Å². The Bertz CT molecular complexity index is 402. The van der Waals surface area contributed by atoms with E-state index in [1.807, 2.05) is 0 Å². The van der Waals surface area contributed by atoms with Crippen molar-refractivity contribution in [1.29, 1.82) is 0 Å². The van der Waals surface area contributed by atoms with Crippen molar-refractivity contribution < 1.29 is 18.7 Å². The second-order valence-electron chi connectivity index (χ2n) is 3.60. The molecule has 0 saturated carbocycles. The van der Waals surface area contributed by atoms with E-state index in [0.29, 0.717) is 12.2 Å². The molecular weight excluding hydrogens is 213 g/mol. The van der Waals surface area contributed by atoms with Gasteiger partial charge in [0.15, 0.2) is 5.60 Å². The highest BCUT2D eigenvalue weighted by Crippen LogP contribution is 2.29. The summed E-state index contributed by atoms with van der Waals surface area (Å²) in [5, 5.41) is 0. The normalized spacial score (nSPS) is 25.3. The van der Waals surface area contributed by atoms with E-state index in [4.69, 9.17) is 15.2 Å². The summed E-state index contributed by atoms with van der Waals surface area (Å²) < 4.78 is 23.7. The van der Waals surface area contributed by atoms with Gasteiger partial charge in [0.1, 0.15) is 5.82 Å². The maximum atomic E-state index is 13.1. The summed E-state index contributed by atoms with van der Waals surface area (Å²) in [6.07, 6.45) is 0. The van der Waals surface area contributed by atoms with Gasteiger partial charge in [-0.05, 0) is 17.7 Å². The van der Waals surface area contributed by atoms with Gasteiger partial charge in [-0.25, -0.2) is 4.39 Å². The molecule has 0 aromatic heterocycles. The quantitative estimate of drug-likeness (QED) is 0.799. The SMILES string of the molecule is NC(=O)C1(c2cccc(F)c2)COCCO1. The van der Waals surface area contributed by atoms with Crippen molar-refractivity contribution in [2.45, 2.75) is 5.60 Å². The number of ether oxygens (including phenoxy) is 2. The standard InChI is InChI=1S/C11H12FNO3/c12-9-3-1-2-8(6-9)11(10(13)14)7-15-4-5-16-11/h1-3,6H,4-5,7H2,(H2,13,14). The molecule has 0 spiro atoms. The van der Waals surface area contributed by atoms with Gasteiger partial charge in [0.2, 0.25) is 0 Å². The van der Waals surface area contributed by atoms with Crippen molar-refractivity contribution in [3.8, 4) is 0 Å². The van der Waals surface area contributed by atoms with E-state index in [9.17, 15) is 9.18 Å². The van der Waals surface area contributed by atoms with Crippen LogP contribution in [0.1, 0.15) is 5.56 Å². The molecule has 5 heteroatoms. The molecule has 1 aromatic carbocycles. The molecular formula is C11H12FNO3. The van der Waals surface area contributed by atoms with Gasteiger partial charge in [-0.2, -0.15) is 0 Å². The summed E-state index contributed by atoms with van der Waals surface area (Å²) in [4.78, 5) is 11.5. The van der Waals surface area contributed by atoms with Crippen LogP contribution in [-0.2, 0) is 19.9 Å². The third kappa shape index (κ3) is 1.79. The Morgan fingerprint density at radius 3 is 2.81 bits per heavy atom. The lowest BCUT2D eigenvalue weighted by molar-refractivity contribution is -0.178. The van der Waals surface area contributed by atoms with Crippen molar-refractivity contribution in [3.63, 3.8) is 0 Å². The maximum Gasteiger partial charge on any atom is 0.256 e. The van der Waals surface area contributed by atoms with Crippen LogP contribution in [0.5, 0.6) is 0 Å². The highest BCUT2D eigenvalue weighted by Gasteiger charge is 2.42. The number of primary amides is 1. The minimum atomic E-state index is -1.36. The third-order valence-electron chi connectivity index (χ3n) is 2.57. The van der Waals surface area contributed by atoms with Gasteiger partial charge in [0, 0.05) is 0 Å². The molecule has 1 atom stereocenters. The number of rotatable bonds is 2. The van der Waals surface area contributed by atoms with E-state index in [1.165, 1.54) is 18.2 Å². The van der Waals surface area contributed by atoms with Crippen LogP contribution in [0.4, 0.5) is 4.39 Å². The summed E-state index contributed by atoms with van der Waals surface area (Å²) in [5.41, 5.74) is 4.35. The number of hydrogen-bond donors (Lipinski definition) is 1. The molecule has 2 N–H and O–H groups in total. The molecule has 1 aliphatic rings. The van der Waals surface area contributed by atoms with E-state index in [2.05, 4.69) is 0 Å². The fourth-order valence-electron chi connectivity index (χ4n) is 1.72. The first-order valence-corrected chi connectivity index (χ1v) is 4.93. The minimum absolute atomic E-state index is 0.0196. The second-order valence-corrected chi connectivity index (χ2v) is 3.60. The van der Waals surface area contributed by atoms with Gasteiger partial charge in [0.05, 0.1) is 19.8 Å². The van der Waals surface area contributed by atoms with E-state index < -0.39 is 17.3 Å². The first-order valence-electron chi connectivity index (χ1n) is 4.93.